The SMILES string of the molecule is CCOc1ccccc1NC(=O)c1cc(C(=O)NC2CCCC2)ccn1. The number of para-hydroxylation sites is 2. The average Bonchev–Trinajstić information content (AvgIpc) is 3.16. The molecule has 2 aromatic rings. The van der Waals surface area contributed by atoms with Crippen LogP contribution in [-0.2, 0) is 0 Å². The smallest absolute Gasteiger partial charge is 0.274 e. The summed E-state index contributed by atoms with van der Waals surface area (Å²) in [7, 11) is 0. The predicted molar refractivity (Wildman–Crippen MR) is 99.5 cm³/mol. The number of aromatic nitrogens is 1. The van der Waals surface area contributed by atoms with Crippen molar-refractivity contribution in [3.8, 4) is 5.75 Å². The number of nitrogens with zero attached hydrogens (tertiary/aromatic N) is 1. The maximum absolute atomic E-state index is 12.5. The maximum Gasteiger partial charge on any atom is 0.274 e. The molecule has 1 aliphatic rings. The normalized spacial score (nSPS) is 14.0. The van der Waals surface area contributed by atoms with Crippen LogP contribution in [0.4, 0.5) is 5.69 Å². The molecule has 6 nitrogen and oxygen atoms in total. The van der Waals surface area contributed by atoms with Gasteiger partial charge in [-0.05, 0) is 44.0 Å². The van der Waals surface area contributed by atoms with Gasteiger partial charge < -0.3 is 15.4 Å². The Labute approximate surface area is 153 Å². The van der Waals surface area contributed by atoms with E-state index in [0.717, 1.165) is 25.7 Å². The number of hydrogen-bond donors (Lipinski definition) is 2. The van der Waals surface area contributed by atoms with Crippen molar-refractivity contribution < 1.29 is 14.3 Å². The summed E-state index contributed by atoms with van der Waals surface area (Å²) in [5.41, 5.74) is 1.20. The molecule has 0 bridgehead atoms. The van der Waals surface area contributed by atoms with Crippen molar-refractivity contribution in [3.05, 3.63) is 53.9 Å². The van der Waals surface area contributed by atoms with Crippen molar-refractivity contribution in [1.29, 1.82) is 0 Å². The number of rotatable bonds is 6. The molecule has 0 aliphatic heterocycles. The Hall–Kier alpha value is -2.89. The van der Waals surface area contributed by atoms with Crippen LogP contribution in [0.15, 0.2) is 42.6 Å². The number of anilines is 1. The van der Waals surface area contributed by atoms with Gasteiger partial charge in [0.2, 0.25) is 0 Å². The molecule has 1 saturated carbocycles. The zero-order valence-corrected chi connectivity index (χ0v) is 14.8. The van der Waals surface area contributed by atoms with E-state index in [0.29, 0.717) is 23.6 Å². The monoisotopic (exact) mass is 353 g/mol. The van der Waals surface area contributed by atoms with E-state index in [1.165, 1.54) is 12.3 Å². The first kappa shape index (κ1) is 17.9. The highest BCUT2D eigenvalue weighted by molar-refractivity contribution is 6.05. The second-order valence-corrected chi connectivity index (χ2v) is 6.27. The summed E-state index contributed by atoms with van der Waals surface area (Å²) in [4.78, 5) is 29.0. The molecule has 6 heteroatoms. The molecule has 136 valence electrons. The lowest BCUT2D eigenvalue weighted by Gasteiger charge is -2.13. The van der Waals surface area contributed by atoms with Gasteiger partial charge in [-0.2, -0.15) is 0 Å². The van der Waals surface area contributed by atoms with Crippen molar-refractivity contribution in [2.24, 2.45) is 0 Å². The van der Waals surface area contributed by atoms with Gasteiger partial charge in [-0.1, -0.05) is 25.0 Å². The number of benzene rings is 1. The molecular weight excluding hydrogens is 330 g/mol. The first-order valence-electron chi connectivity index (χ1n) is 8.97. The van der Waals surface area contributed by atoms with Crippen LogP contribution in [-0.4, -0.2) is 29.4 Å². The molecule has 1 aromatic carbocycles. The van der Waals surface area contributed by atoms with Crippen LogP contribution in [0.3, 0.4) is 0 Å². The van der Waals surface area contributed by atoms with Crippen LogP contribution in [0.2, 0.25) is 0 Å². The molecule has 0 unspecified atom stereocenters. The van der Waals surface area contributed by atoms with Crippen molar-refractivity contribution in [2.45, 2.75) is 38.6 Å². The Kier molecular flexibility index (Phi) is 5.84. The van der Waals surface area contributed by atoms with Crippen LogP contribution in [0.5, 0.6) is 5.75 Å². The summed E-state index contributed by atoms with van der Waals surface area (Å²) in [6, 6.07) is 10.6. The number of ether oxygens (including phenoxy) is 1. The van der Waals surface area contributed by atoms with Gasteiger partial charge in [0.15, 0.2) is 0 Å². The van der Waals surface area contributed by atoms with E-state index in [-0.39, 0.29) is 23.6 Å². The van der Waals surface area contributed by atoms with Gasteiger partial charge in [-0.25, -0.2) is 0 Å². The molecule has 0 spiro atoms. The second kappa shape index (κ2) is 8.47. The number of pyridine rings is 1. The number of amides is 2. The summed E-state index contributed by atoms with van der Waals surface area (Å²) in [6.07, 6.45) is 5.80. The fourth-order valence-electron chi connectivity index (χ4n) is 3.07. The first-order chi connectivity index (χ1) is 12.7. The van der Waals surface area contributed by atoms with Crippen LogP contribution < -0.4 is 15.4 Å². The van der Waals surface area contributed by atoms with Crippen molar-refractivity contribution in [3.63, 3.8) is 0 Å². The largest absolute Gasteiger partial charge is 0.492 e. The Morgan fingerprint density at radius 2 is 1.92 bits per heavy atom. The van der Waals surface area contributed by atoms with Crippen molar-refractivity contribution in [2.75, 3.05) is 11.9 Å². The highest BCUT2D eigenvalue weighted by Crippen LogP contribution is 2.24. The van der Waals surface area contributed by atoms with Gasteiger partial charge in [0.1, 0.15) is 11.4 Å². The minimum Gasteiger partial charge on any atom is -0.492 e. The molecule has 1 fully saturated rings. The van der Waals surface area contributed by atoms with E-state index in [4.69, 9.17) is 4.74 Å². The molecule has 0 radical (unpaired) electrons. The minimum atomic E-state index is -0.382. The Balaban J connectivity index is 1.71. The summed E-state index contributed by atoms with van der Waals surface area (Å²) in [5, 5.41) is 5.81. The molecule has 2 amide bonds. The summed E-state index contributed by atoms with van der Waals surface area (Å²) in [6.45, 7) is 2.38. The minimum absolute atomic E-state index is 0.164. The molecule has 0 atom stereocenters. The topological polar surface area (TPSA) is 80.3 Å². The zero-order chi connectivity index (χ0) is 18.4. The van der Waals surface area contributed by atoms with Crippen LogP contribution in [0.1, 0.15) is 53.5 Å². The van der Waals surface area contributed by atoms with Gasteiger partial charge in [0, 0.05) is 17.8 Å². The molecule has 3 rings (SSSR count). The highest BCUT2D eigenvalue weighted by Gasteiger charge is 2.19. The van der Waals surface area contributed by atoms with Crippen LogP contribution in [0, 0.1) is 0 Å². The third kappa shape index (κ3) is 4.39. The number of carbonyl (C=O) groups excluding carboxylic acids is 2. The molecule has 1 aromatic heterocycles. The summed E-state index contributed by atoms with van der Waals surface area (Å²) in [5.74, 6) is 0.0502. The lowest BCUT2D eigenvalue weighted by atomic mass is 10.1. The summed E-state index contributed by atoms with van der Waals surface area (Å²) >= 11 is 0. The van der Waals surface area contributed by atoms with E-state index >= 15 is 0 Å². The lowest BCUT2D eigenvalue weighted by Crippen LogP contribution is -2.32. The van der Waals surface area contributed by atoms with Gasteiger partial charge in [-0.3, -0.25) is 14.6 Å². The fourth-order valence-corrected chi connectivity index (χ4v) is 3.07. The third-order valence-corrected chi connectivity index (χ3v) is 4.38. The van der Waals surface area contributed by atoms with E-state index in [9.17, 15) is 9.59 Å². The van der Waals surface area contributed by atoms with Crippen LogP contribution in [0.25, 0.3) is 0 Å². The molecular formula is C20H23N3O3. The number of carbonyl (C=O) groups is 2. The lowest BCUT2D eigenvalue weighted by molar-refractivity contribution is 0.0937. The predicted octanol–water partition coefficient (Wildman–Crippen LogP) is 3.41. The van der Waals surface area contributed by atoms with Crippen molar-refractivity contribution in [1.82, 2.24) is 10.3 Å². The standard InChI is InChI=1S/C20H23N3O3/c1-2-26-18-10-6-5-9-16(18)23-20(25)17-13-14(11-12-21-17)19(24)22-15-7-3-4-8-15/h5-6,9-13,15H,2-4,7-8H2,1H3,(H,22,24)(H,23,25). The maximum atomic E-state index is 12.5. The second-order valence-electron chi connectivity index (χ2n) is 6.27. The molecule has 1 heterocycles. The number of nitrogens with one attached hydrogen (secondary N) is 2. The molecule has 2 N–H and O–H groups in total. The number of hydrogen-bond acceptors (Lipinski definition) is 4. The Morgan fingerprint density at radius 3 is 2.69 bits per heavy atom. The third-order valence-electron chi connectivity index (χ3n) is 4.38. The first-order valence-corrected chi connectivity index (χ1v) is 8.97. The van der Waals surface area contributed by atoms with Crippen LogP contribution >= 0.6 is 0 Å². The fraction of sp³-hybridized carbons (Fsp3) is 0.350. The van der Waals surface area contributed by atoms with Gasteiger partial charge >= 0.3 is 0 Å². The molecule has 0 saturated heterocycles. The van der Waals surface area contributed by atoms with Crippen molar-refractivity contribution >= 4 is 17.5 Å². The van der Waals surface area contributed by atoms with Gasteiger partial charge in [0.25, 0.3) is 11.8 Å². The Bertz CT molecular complexity index is 785. The van der Waals surface area contributed by atoms with E-state index in [2.05, 4.69) is 15.6 Å². The molecule has 26 heavy (non-hydrogen) atoms. The average molecular weight is 353 g/mol. The highest BCUT2D eigenvalue weighted by atomic mass is 16.5. The van der Waals surface area contributed by atoms with E-state index in [1.807, 2.05) is 19.1 Å². The quantitative estimate of drug-likeness (QED) is 0.834. The Morgan fingerprint density at radius 1 is 1.15 bits per heavy atom. The van der Waals surface area contributed by atoms with E-state index in [1.54, 1.807) is 18.2 Å². The summed E-state index contributed by atoms with van der Waals surface area (Å²) < 4.78 is 5.51. The van der Waals surface area contributed by atoms with E-state index < -0.39 is 0 Å². The van der Waals surface area contributed by atoms with Gasteiger partial charge in [0.05, 0.1) is 12.3 Å². The molecule has 1 aliphatic carbocycles. The zero-order valence-electron chi connectivity index (χ0n) is 14.8. The van der Waals surface area contributed by atoms with Gasteiger partial charge in [-0.15, -0.1) is 0 Å².